The molecule has 6 nitrogen and oxygen atoms in total. The third kappa shape index (κ3) is 10.6. The molecule has 0 saturated carbocycles. The average Bonchev–Trinajstić information content (AvgIpc) is 3.35. The van der Waals surface area contributed by atoms with E-state index in [1.807, 2.05) is 78.9 Å². The summed E-state index contributed by atoms with van der Waals surface area (Å²) in [6.07, 6.45) is 0. The second kappa shape index (κ2) is 18.5. The summed E-state index contributed by atoms with van der Waals surface area (Å²) in [5, 5.41) is 0. The Hall–Kier alpha value is -7.44. The molecule has 0 fully saturated rings. The molecular weight excluding hydrogens is 853 g/mol. The smallest absolute Gasteiger partial charge is 0.164 e. The van der Waals surface area contributed by atoms with E-state index in [0.717, 1.165) is 44.5 Å². The van der Waals surface area contributed by atoms with Gasteiger partial charge in [0.25, 0.3) is 0 Å². The predicted octanol–water partition coefficient (Wildman–Crippen LogP) is 16.6. The fourth-order valence-electron chi connectivity index (χ4n) is 8.44. The van der Waals surface area contributed by atoms with E-state index in [4.69, 9.17) is 29.9 Å². The standard InChI is InChI=1S/C64H64N6/c1-61(2,3)51-35-49(36-52(39-51)62(4,5)6)41-26-30-45(31-27-41)57-65-55(43-20-15-13-16-21-43)67-59(69-57)47-24-19-25-48(34-47)60-68-56(44-22-17-14-18-23-44)66-58(70-60)46-32-28-42(29-33-46)50-37-53(63(7,8)9)40-54(38-50)64(10,11)12/h13-40H,1-12H3. The Kier molecular flexibility index (Phi) is 12.6. The van der Waals surface area contributed by atoms with E-state index in [-0.39, 0.29) is 21.7 Å². The normalized spacial score (nSPS) is 12.3. The van der Waals surface area contributed by atoms with Gasteiger partial charge in [0.15, 0.2) is 34.9 Å². The van der Waals surface area contributed by atoms with Gasteiger partial charge in [-0.25, -0.2) is 29.9 Å². The van der Waals surface area contributed by atoms with Crippen LogP contribution in [-0.2, 0) is 21.7 Å². The van der Waals surface area contributed by atoms with Crippen LogP contribution in [0.15, 0.2) is 170 Å². The topological polar surface area (TPSA) is 77.3 Å². The van der Waals surface area contributed by atoms with Crippen LogP contribution < -0.4 is 0 Å². The number of hydrogen-bond donors (Lipinski definition) is 0. The van der Waals surface area contributed by atoms with Gasteiger partial charge >= 0.3 is 0 Å². The van der Waals surface area contributed by atoms with Gasteiger partial charge in [-0.2, -0.15) is 0 Å². The van der Waals surface area contributed by atoms with Crippen molar-refractivity contribution in [1.29, 1.82) is 0 Å². The van der Waals surface area contributed by atoms with Crippen LogP contribution in [0.2, 0.25) is 0 Å². The van der Waals surface area contributed by atoms with Crippen LogP contribution in [0.5, 0.6) is 0 Å². The summed E-state index contributed by atoms with van der Waals surface area (Å²) in [6, 6.07) is 59.6. The third-order valence-corrected chi connectivity index (χ3v) is 13.0. The maximum Gasteiger partial charge on any atom is 0.164 e. The van der Waals surface area contributed by atoms with E-state index in [9.17, 15) is 0 Å². The Morgan fingerprint density at radius 1 is 0.200 bits per heavy atom. The summed E-state index contributed by atoms with van der Waals surface area (Å²) in [5.74, 6) is 3.49. The maximum absolute atomic E-state index is 5.15. The second-order valence-corrected chi connectivity index (χ2v) is 22.7. The molecule has 0 bridgehead atoms. The van der Waals surface area contributed by atoms with Gasteiger partial charge in [-0.1, -0.05) is 247 Å². The van der Waals surface area contributed by atoms with Crippen molar-refractivity contribution in [2.45, 2.75) is 105 Å². The molecule has 7 aromatic carbocycles. The lowest BCUT2D eigenvalue weighted by Gasteiger charge is -2.26. The molecular formula is C64H64N6. The van der Waals surface area contributed by atoms with Crippen LogP contribution in [0.1, 0.15) is 105 Å². The van der Waals surface area contributed by atoms with Crippen LogP contribution in [0.25, 0.3) is 90.6 Å². The highest BCUT2D eigenvalue weighted by atomic mass is 15.0. The summed E-state index contributed by atoms with van der Waals surface area (Å²) < 4.78 is 0. The van der Waals surface area contributed by atoms with E-state index in [1.165, 1.54) is 33.4 Å². The number of nitrogens with zero attached hydrogens (tertiary/aromatic N) is 6. The van der Waals surface area contributed by atoms with Crippen molar-refractivity contribution in [3.05, 3.63) is 192 Å². The van der Waals surface area contributed by atoms with Gasteiger partial charge in [0, 0.05) is 33.4 Å². The number of benzene rings is 7. The first kappa shape index (κ1) is 47.6. The zero-order chi connectivity index (χ0) is 49.6. The molecule has 9 rings (SSSR count). The SMILES string of the molecule is CC(C)(C)c1cc(-c2ccc(-c3nc(-c4ccccc4)nc(-c4cccc(-c5nc(-c6ccccc6)nc(-c6ccc(-c7cc(C(C)(C)C)cc(C(C)(C)C)c7)cc6)n5)c4)n3)cc2)cc(C(C)(C)C)c1. The van der Waals surface area contributed by atoms with Crippen molar-refractivity contribution in [1.82, 2.24) is 29.9 Å². The van der Waals surface area contributed by atoms with Crippen molar-refractivity contribution in [2.75, 3.05) is 0 Å². The Labute approximate surface area is 415 Å². The largest absolute Gasteiger partial charge is 0.208 e. The molecule has 0 unspecified atom stereocenters. The molecule has 0 amide bonds. The van der Waals surface area contributed by atoms with Gasteiger partial charge in [-0.05, 0) is 72.2 Å². The Balaban J connectivity index is 1.10. The summed E-state index contributed by atoms with van der Waals surface area (Å²) in [5.41, 5.74) is 15.3. The molecule has 70 heavy (non-hydrogen) atoms. The molecule has 350 valence electrons. The molecule has 2 aromatic heterocycles. The minimum atomic E-state index is 0.0158. The quantitative estimate of drug-likeness (QED) is 0.151. The lowest BCUT2D eigenvalue weighted by Crippen LogP contribution is -2.16. The zero-order valence-corrected chi connectivity index (χ0v) is 42.8. The highest BCUT2D eigenvalue weighted by molar-refractivity contribution is 5.75. The number of rotatable bonds is 8. The lowest BCUT2D eigenvalue weighted by atomic mass is 9.79. The van der Waals surface area contributed by atoms with Crippen molar-refractivity contribution in [2.24, 2.45) is 0 Å². The Bertz CT molecular complexity index is 3020. The van der Waals surface area contributed by atoms with Gasteiger partial charge in [0.05, 0.1) is 0 Å². The van der Waals surface area contributed by atoms with Gasteiger partial charge < -0.3 is 0 Å². The van der Waals surface area contributed by atoms with E-state index < -0.39 is 0 Å². The third-order valence-electron chi connectivity index (χ3n) is 13.0. The summed E-state index contributed by atoms with van der Waals surface area (Å²) >= 11 is 0. The first-order chi connectivity index (χ1) is 33.2. The fraction of sp³-hybridized carbons (Fsp3) is 0.250. The number of hydrogen-bond acceptors (Lipinski definition) is 6. The van der Waals surface area contributed by atoms with Crippen LogP contribution in [-0.4, -0.2) is 29.9 Å². The van der Waals surface area contributed by atoms with Crippen molar-refractivity contribution in [3.63, 3.8) is 0 Å². The molecule has 9 aromatic rings. The maximum atomic E-state index is 5.15. The average molecular weight is 917 g/mol. The zero-order valence-electron chi connectivity index (χ0n) is 42.8. The first-order valence-electron chi connectivity index (χ1n) is 24.4. The van der Waals surface area contributed by atoms with E-state index >= 15 is 0 Å². The predicted molar refractivity (Wildman–Crippen MR) is 291 cm³/mol. The highest BCUT2D eigenvalue weighted by Crippen LogP contribution is 2.37. The minimum Gasteiger partial charge on any atom is -0.208 e. The number of aromatic nitrogens is 6. The molecule has 0 saturated heterocycles. The minimum absolute atomic E-state index is 0.0158. The second-order valence-electron chi connectivity index (χ2n) is 22.7. The summed E-state index contributed by atoms with van der Waals surface area (Å²) in [4.78, 5) is 30.6. The van der Waals surface area contributed by atoms with E-state index in [0.29, 0.717) is 34.9 Å². The van der Waals surface area contributed by atoms with Crippen LogP contribution in [0.3, 0.4) is 0 Å². The van der Waals surface area contributed by atoms with Crippen LogP contribution in [0.4, 0.5) is 0 Å². The van der Waals surface area contributed by atoms with Gasteiger partial charge in [0.1, 0.15) is 0 Å². The molecule has 2 heterocycles. The van der Waals surface area contributed by atoms with Gasteiger partial charge in [-0.15, -0.1) is 0 Å². The van der Waals surface area contributed by atoms with E-state index in [1.54, 1.807) is 0 Å². The highest BCUT2D eigenvalue weighted by Gasteiger charge is 2.24. The lowest BCUT2D eigenvalue weighted by molar-refractivity contribution is 0.568. The molecule has 0 aliphatic heterocycles. The molecule has 0 aliphatic carbocycles. The molecule has 0 aliphatic rings. The Morgan fingerprint density at radius 2 is 0.429 bits per heavy atom. The fourth-order valence-corrected chi connectivity index (χ4v) is 8.44. The Morgan fingerprint density at radius 3 is 0.700 bits per heavy atom. The van der Waals surface area contributed by atoms with Crippen LogP contribution in [0, 0.1) is 0 Å². The van der Waals surface area contributed by atoms with Crippen molar-refractivity contribution < 1.29 is 0 Å². The van der Waals surface area contributed by atoms with Crippen LogP contribution >= 0.6 is 0 Å². The summed E-state index contributed by atoms with van der Waals surface area (Å²) in [6.45, 7) is 27.3. The summed E-state index contributed by atoms with van der Waals surface area (Å²) in [7, 11) is 0. The van der Waals surface area contributed by atoms with E-state index in [2.05, 4.69) is 174 Å². The molecule has 0 N–H and O–H groups in total. The molecule has 0 radical (unpaired) electrons. The van der Waals surface area contributed by atoms with Crippen molar-refractivity contribution in [3.8, 4) is 90.6 Å². The monoisotopic (exact) mass is 917 g/mol. The molecule has 6 heteroatoms. The molecule has 0 atom stereocenters. The van der Waals surface area contributed by atoms with Gasteiger partial charge in [-0.3, -0.25) is 0 Å². The van der Waals surface area contributed by atoms with Gasteiger partial charge in [0.2, 0.25) is 0 Å². The van der Waals surface area contributed by atoms with Crippen molar-refractivity contribution >= 4 is 0 Å². The first-order valence-corrected chi connectivity index (χ1v) is 24.4. The molecule has 0 spiro atoms.